The number of carbonyl (C=O) groups excluding carboxylic acids is 1. The zero-order valence-corrected chi connectivity index (χ0v) is 12.7. The van der Waals surface area contributed by atoms with Crippen LogP contribution in [0.3, 0.4) is 0 Å². The van der Waals surface area contributed by atoms with Gasteiger partial charge in [0, 0.05) is 4.70 Å². The Hall–Kier alpha value is -1.58. The minimum absolute atomic E-state index is 0.121. The first kappa shape index (κ1) is 13.4. The van der Waals surface area contributed by atoms with Crippen LogP contribution in [0.2, 0.25) is 0 Å². The molecule has 3 heteroatoms. The van der Waals surface area contributed by atoms with E-state index in [-0.39, 0.29) is 11.0 Å². The number of ketones is 1. The van der Waals surface area contributed by atoms with Gasteiger partial charge in [-0.25, -0.2) is 0 Å². The maximum Gasteiger partial charge on any atom is 0.190 e. The van der Waals surface area contributed by atoms with Crippen molar-refractivity contribution in [2.24, 2.45) is 0 Å². The van der Waals surface area contributed by atoms with E-state index in [0.29, 0.717) is 0 Å². The molecule has 2 aromatic carbocycles. The molecule has 0 fully saturated rings. The van der Waals surface area contributed by atoms with E-state index in [1.54, 1.807) is 23.1 Å². The highest BCUT2D eigenvalue weighted by molar-refractivity contribution is 7.99. The predicted octanol–water partition coefficient (Wildman–Crippen LogP) is 5.19. The van der Waals surface area contributed by atoms with E-state index in [1.807, 2.05) is 54.8 Å². The third kappa shape index (κ3) is 2.51. The largest absolute Gasteiger partial charge is 0.292 e. The van der Waals surface area contributed by atoms with Crippen molar-refractivity contribution in [1.29, 1.82) is 0 Å². The average Bonchev–Trinajstić information content (AvgIpc) is 2.93. The van der Waals surface area contributed by atoms with Crippen LogP contribution < -0.4 is 0 Å². The van der Waals surface area contributed by atoms with Gasteiger partial charge < -0.3 is 0 Å². The molecule has 0 spiro atoms. The Morgan fingerprint density at radius 3 is 2.45 bits per heavy atom. The van der Waals surface area contributed by atoms with Crippen LogP contribution in [0, 0.1) is 0 Å². The fourth-order valence-electron chi connectivity index (χ4n) is 2.25. The molecular formula is C17H14OS2. The van der Waals surface area contributed by atoms with Crippen LogP contribution in [0.25, 0.3) is 10.1 Å². The number of rotatable bonds is 4. The van der Waals surface area contributed by atoms with Crippen molar-refractivity contribution in [2.75, 3.05) is 6.26 Å². The van der Waals surface area contributed by atoms with Gasteiger partial charge in [-0.15, -0.1) is 23.1 Å². The molecule has 3 aromatic rings. The minimum atomic E-state index is -0.121. The molecular weight excluding hydrogens is 284 g/mol. The van der Waals surface area contributed by atoms with Crippen molar-refractivity contribution in [3.8, 4) is 0 Å². The number of Topliss-reactive ketones (excluding diaryl/α,β-unsaturated/α-hetero) is 1. The summed E-state index contributed by atoms with van der Waals surface area (Å²) in [4.78, 5) is 13.6. The smallest absolute Gasteiger partial charge is 0.190 e. The molecule has 0 bridgehead atoms. The number of carbonyl (C=O) groups is 1. The molecule has 3 rings (SSSR count). The third-order valence-electron chi connectivity index (χ3n) is 3.24. The quantitative estimate of drug-likeness (QED) is 0.617. The highest BCUT2D eigenvalue weighted by atomic mass is 32.2. The van der Waals surface area contributed by atoms with E-state index in [2.05, 4.69) is 12.1 Å². The van der Waals surface area contributed by atoms with E-state index >= 15 is 0 Å². The molecule has 0 aliphatic rings. The maximum absolute atomic E-state index is 12.7. The monoisotopic (exact) mass is 298 g/mol. The summed E-state index contributed by atoms with van der Waals surface area (Å²) in [5, 5.41) is 1.03. The van der Waals surface area contributed by atoms with Gasteiger partial charge >= 0.3 is 0 Å². The molecule has 20 heavy (non-hydrogen) atoms. The van der Waals surface area contributed by atoms with E-state index in [4.69, 9.17) is 0 Å². The molecule has 0 saturated carbocycles. The van der Waals surface area contributed by atoms with Crippen LogP contribution in [0.4, 0.5) is 0 Å². The summed E-state index contributed by atoms with van der Waals surface area (Å²) in [6.07, 6.45) is 1.99. The molecule has 1 aromatic heterocycles. The van der Waals surface area contributed by atoms with E-state index in [0.717, 1.165) is 15.8 Å². The van der Waals surface area contributed by atoms with Crippen molar-refractivity contribution in [3.63, 3.8) is 0 Å². The summed E-state index contributed by atoms with van der Waals surface area (Å²) in [7, 11) is 0. The Balaban J connectivity index is 1.98. The normalized spacial score (nSPS) is 12.4. The second kappa shape index (κ2) is 5.81. The standard InChI is InChI=1S/C17H14OS2/c1-19-17(12-7-3-2-4-8-12)16(18)15-11-13-9-5-6-10-14(13)20-15/h2-11,17H,1H3. The zero-order valence-electron chi connectivity index (χ0n) is 11.1. The van der Waals surface area contributed by atoms with Gasteiger partial charge in [-0.2, -0.15) is 0 Å². The average molecular weight is 298 g/mol. The highest BCUT2D eigenvalue weighted by Crippen LogP contribution is 2.34. The van der Waals surface area contributed by atoms with Gasteiger partial charge in [-0.05, 0) is 29.3 Å². The maximum atomic E-state index is 12.7. The molecule has 0 aliphatic carbocycles. The second-order valence-corrected chi connectivity index (χ2v) is 6.57. The Bertz CT molecular complexity index is 698. The molecule has 1 unspecified atom stereocenters. The Labute approximate surface area is 126 Å². The lowest BCUT2D eigenvalue weighted by molar-refractivity contribution is 0.0993. The Kier molecular flexibility index (Phi) is 3.90. The lowest BCUT2D eigenvalue weighted by Crippen LogP contribution is -2.07. The number of hydrogen-bond donors (Lipinski definition) is 0. The molecule has 0 N–H and O–H groups in total. The summed E-state index contributed by atoms with van der Waals surface area (Å²) in [5.74, 6) is 0.199. The van der Waals surface area contributed by atoms with Gasteiger partial charge in [0.25, 0.3) is 0 Å². The summed E-state index contributed by atoms with van der Waals surface area (Å²) in [6.45, 7) is 0. The SMILES string of the molecule is CSC(C(=O)c1cc2ccccc2s1)c1ccccc1. The summed E-state index contributed by atoms with van der Waals surface area (Å²) >= 11 is 3.17. The molecule has 0 amide bonds. The molecule has 0 radical (unpaired) electrons. The fourth-order valence-corrected chi connectivity index (χ4v) is 4.13. The summed E-state index contributed by atoms with van der Waals surface area (Å²) in [6, 6.07) is 20.1. The molecule has 100 valence electrons. The van der Waals surface area contributed by atoms with Crippen molar-refractivity contribution in [2.45, 2.75) is 5.25 Å². The van der Waals surface area contributed by atoms with E-state index < -0.39 is 0 Å². The number of thioether (sulfide) groups is 1. The van der Waals surface area contributed by atoms with Gasteiger partial charge in [0.15, 0.2) is 5.78 Å². The molecule has 1 heterocycles. The molecule has 1 nitrogen and oxygen atoms in total. The van der Waals surface area contributed by atoms with Gasteiger partial charge in [0.1, 0.15) is 0 Å². The molecule has 0 saturated heterocycles. The van der Waals surface area contributed by atoms with Gasteiger partial charge in [-0.3, -0.25) is 4.79 Å². The van der Waals surface area contributed by atoms with Gasteiger partial charge in [-0.1, -0.05) is 48.5 Å². The topological polar surface area (TPSA) is 17.1 Å². The van der Waals surface area contributed by atoms with Crippen LogP contribution >= 0.6 is 23.1 Å². The zero-order chi connectivity index (χ0) is 13.9. The van der Waals surface area contributed by atoms with Crippen LogP contribution in [0.1, 0.15) is 20.5 Å². The summed E-state index contributed by atoms with van der Waals surface area (Å²) in [5.41, 5.74) is 1.07. The van der Waals surface area contributed by atoms with Crippen molar-refractivity contribution >= 4 is 39.0 Å². The molecule has 0 aliphatic heterocycles. The highest BCUT2D eigenvalue weighted by Gasteiger charge is 2.22. The predicted molar refractivity (Wildman–Crippen MR) is 88.9 cm³/mol. The van der Waals surface area contributed by atoms with E-state index in [1.165, 1.54) is 4.70 Å². The number of benzene rings is 2. The fraction of sp³-hybridized carbons (Fsp3) is 0.118. The van der Waals surface area contributed by atoms with Crippen LogP contribution in [-0.2, 0) is 0 Å². The van der Waals surface area contributed by atoms with Crippen molar-refractivity contribution < 1.29 is 4.79 Å². The summed E-state index contributed by atoms with van der Waals surface area (Å²) < 4.78 is 1.17. The van der Waals surface area contributed by atoms with Crippen molar-refractivity contribution in [1.82, 2.24) is 0 Å². The number of fused-ring (bicyclic) bond motifs is 1. The van der Waals surface area contributed by atoms with E-state index in [9.17, 15) is 4.79 Å². The Morgan fingerprint density at radius 2 is 1.75 bits per heavy atom. The lowest BCUT2D eigenvalue weighted by atomic mass is 10.1. The number of thiophene rings is 1. The minimum Gasteiger partial charge on any atom is -0.292 e. The van der Waals surface area contributed by atoms with Crippen molar-refractivity contribution in [3.05, 3.63) is 71.1 Å². The first-order valence-corrected chi connectivity index (χ1v) is 8.50. The number of hydrogen-bond acceptors (Lipinski definition) is 3. The lowest BCUT2D eigenvalue weighted by Gasteiger charge is -2.12. The van der Waals surface area contributed by atoms with Crippen LogP contribution in [0.15, 0.2) is 60.7 Å². The van der Waals surface area contributed by atoms with Gasteiger partial charge in [0.2, 0.25) is 0 Å². The first-order chi connectivity index (χ1) is 9.79. The van der Waals surface area contributed by atoms with Gasteiger partial charge in [0.05, 0.1) is 10.1 Å². The molecule has 1 atom stereocenters. The second-order valence-electron chi connectivity index (χ2n) is 4.54. The third-order valence-corrected chi connectivity index (χ3v) is 5.33. The Morgan fingerprint density at radius 1 is 1.05 bits per heavy atom. The first-order valence-electron chi connectivity index (χ1n) is 6.40. The van der Waals surface area contributed by atoms with Crippen LogP contribution in [0.5, 0.6) is 0 Å². The van der Waals surface area contributed by atoms with Crippen LogP contribution in [-0.4, -0.2) is 12.0 Å².